The van der Waals surface area contributed by atoms with E-state index in [1.165, 1.54) is 23.5 Å². The largest absolute Gasteiger partial charge is 0.452 e. The summed E-state index contributed by atoms with van der Waals surface area (Å²) in [4.78, 5) is 36.7. The molecule has 1 aromatic carbocycles. The quantitative estimate of drug-likeness (QED) is 0.559. The van der Waals surface area contributed by atoms with E-state index < -0.39 is 42.6 Å². The molecule has 0 saturated carbocycles. The Hall–Kier alpha value is -3.07. The highest BCUT2D eigenvalue weighted by molar-refractivity contribution is 7.12. The normalized spacial score (nSPS) is 10.6. The Morgan fingerprint density at radius 2 is 1.89 bits per heavy atom. The molecule has 0 spiro atoms. The number of halogens is 2. The molecule has 9 heteroatoms. The van der Waals surface area contributed by atoms with Crippen molar-refractivity contribution in [2.75, 3.05) is 18.5 Å². The van der Waals surface area contributed by atoms with E-state index in [9.17, 15) is 23.2 Å². The number of thiophene rings is 1. The zero-order chi connectivity index (χ0) is 19.8. The molecule has 0 aliphatic carbocycles. The van der Waals surface area contributed by atoms with Crippen molar-refractivity contribution in [3.8, 4) is 0 Å². The van der Waals surface area contributed by atoms with E-state index in [1.807, 2.05) is 19.1 Å². The van der Waals surface area contributed by atoms with E-state index in [4.69, 9.17) is 4.74 Å². The molecule has 1 heterocycles. The fraction of sp³-hybridized carbons (Fsp3) is 0.167. The van der Waals surface area contributed by atoms with Crippen LogP contribution in [0.3, 0.4) is 0 Å². The molecule has 2 rings (SSSR count). The van der Waals surface area contributed by atoms with Crippen LogP contribution >= 0.6 is 11.3 Å². The number of carbonyl (C=O) groups is 3. The van der Waals surface area contributed by atoms with Crippen LogP contribution in [-0.2, 0) is 19.1 Å². The molecule has 2 N–H and O–H groups in total. The molecule has 6 nitrogen and oxygen atoms in total. The predicted octanol–water partition coefficient (Wildman–Crippen LogP) is 2.65. The van der Waals surface area contributed by atoms with E-state index in [1.54, 1.807) is 6.08 Å². The summed E-state index contributed by atoms with van der Waals surface area (Å²) >= 11 is 1.51. The zero-order valence-corrected chi connectivity index (χ0v) is 15.1. The molecule has 0 unspecified atom stereocenters. The first-order chi connectivity index (χ1) is 12.8. The maximum absolute atomic E-state index is 13.0. The molecule has 0 aliphatic heterocycles. The lowest BCUT2D eigenvalue weighted by Crippen LogP contribution is -2.35. The van der Waals surface area contributed by atoms with Crippen molar-refractivity contribution in [1.82, 2.24) is 5.32 Å². The van der Waals surface area contributed by atoms with Crippen LogP contribution in [0, 0.1) is 18.6 Å². The van der Waals surface area contributed by atoms with Crippen LogP contribution in [0.5, 0.6) is 0 Å². The number of hydrogen-bond acceptors (Lipinski definition) is 5. The van der Waals surface area contributed by atoms with E-state index in [0.29, 0.717) is 0 Å². The van der Waals surface area contributed by atoms with Crippen molar-refractivity contribution in [2.45, 2.75) is 6.92 Å². The van der Waals surface area contributed by atoms with Gasteiger partial charge in [0.05, 0.1) is 6.54 Å². The minimum atomic E-state index is -1.10. The lowest BCUT2D eigenvalue weighted by atomic mass is 10.3. The van der Waals surface area contributed by atoms with Crippen LogP contribution in [0.15, 0.2) is 36.4 Å². The van der Waals surface area contributed by atoms with Crippen LogP contribution in [0.2, 0.25) is 0 Å². The van der Waals surface area contributed by atoms with Crippen LogP contribution < -0.4 is 10.6 Å². The summed E-state index contributed by atoms with van der Waals surface area (Å²) in [7, 11) is 0. The summed E-state index contributed by atoms with van der Waals surface area (Å²) in [5.74, 6) is -4.15. The Kier molecular flexibility index (Phi) is 7.18. The molecule has 0 aliphatic rings. The summed E-state index contributed by atoms with van der Waals surface area (Å²) in [6, 6.07) is 6.63. The molecule has 142 valence electrons. The highest BCUT2D eigenvalue weighted by Gasteiger charge is 2.09. The number of nitrogens with one attached hydrogen (secondary N) is 2. The Labute approximate surface area is 157 Å². The van der Waals surface area contributed by atoms with E-state index in [0.717, 1.165) is 21.9 Å². The minimum absolute atomic E-state index is 0.0496. The van der Waals surface area contributed by atoms with Crippen LogP contribution in [0.25, 0.3) is 6.08 Å². The number of hydrogen-bond donors (Lipinski definition) is 2. The lowest BCUT2D eigenvalue weighted by molar-refractivity contribution is -0.143. The van der Waals surface area contributed by atoms with Gasteiger partial charge in [0.15, 0.2) is 18.2 Å². The van der Waals surface area contributed by atoms with Gasteiger partial charge in [0.1, 0.15) is 0 Å². The fourth-order valence-corrected chi connectivity index (χ4v) is 2.67. The second-order valence-electron chi connectivity index (χ2n) is 5.34. The monoisotopic (exact) mass is 394 g/mol. The van der Waals surface area contributed by atoms with Gasteiger partial charge < -0.3 is 15.4 Å². The Morgan fingerprint density at radius 1 is 1.11 bits per heavy atom. The summed E-state index contributed by atoms with van der Waals surface area (Å²) in [5, 5.41) is 4.54. The molecule has 0 bridgehead atoms. The topological polar surface area (TPSA) is 84.5 Å². The number of ether oxygens (including phenoxy) is 1. The van der Waals surface area contributed by atoms with Crippen molar-refractivity contribution in [3.05, 3.63) is 57.8 Å². The summed E-state index contributed by atoms with van der Waals surface area (Å²) in [6.45, 7) is 0.970. The SMILES string of the molecule is Cc1ccc(/C=C/C(=O)OCC(=O)NCC(=O)Nc2ccc(F)c(F)c2)s1. The van der Waals surface area contributed by atoms with Crippen LogP contribution in [0.4, 0.5) is 14.5 Å². The number of anilines is 1. The first-order valence-electron chi connectivity index (χ1n) is 7.76. The summed E-state index contributed by atoms with van der Waals surface area (Å²) in [5.41, 5.74) is 0.0496. The first-order valence-corrected chi connectivity index (χ1v) is 8.58. The summed E-state index contributed by atoms with van der Waals surface area (Å²) in [6.07, 6.45) is 2.78. The molecule has 27 heavy (non-hydrogen) atoms. The third-order valence-corrected chi connectivity index (χ3v) is 4.11. The number of rotatable bonds is 7. The Morgan fingerprint density at radius 3 is 2.56 bits per heavy atom. The van der Waals surface area contributed by atoms with Gasteiger partial charge in [0, 0.05) is 27.6 Å². The Bertz CT molecular complexity index is 880. The number of carbonyl (C=O) groups excluding carboxylic acids is 3. The third-order valence-electron chi connectivity index (χ3n) is 3.14. The van der Waals surface area contributed by atoms with Crippen molar-refractivity contribution >= 4 is 40.9 Å². The predicted molar refractivity (Wildman–Crippen MR) is 97.0 cm³/mol. The van der Waals surface area contributed by atoms with Gasteiger partial charge in [-0.2, -0.15) is 0 Å². The van der Waals surface area contributed by atoms with Gasteiger partial charge in [-0.1, -0.05) is 0 Å². The molecular formula is C18H16F2N2O4S. The van der Waals surface area contributed by atoms with Crippen LogP contribution in [0.1, 0.15) is 9.75 Å². The third kappa shape index (κ3) is 6.98. The molecule has 0 saturated heterocycles. The maximum atomic E-state index is 13.0. The highest BCUT2D eigenvalue weighted by Crippen LogP contribution is 2.16. The zero-order valence-electron chi connectivity index (χ0n) is 14.3. The highest BCUT2D eigenvalue weighted by atomic mass is 32.1. The Balaban J connectivity index is 1.69. The molecule has 0 fully saturated rings. The van der Waals surface area contributed by atoms with Gasteiger partial charge in [-0.15, -0.1) is 11.3 Å². The number of aryl methyl sites for hydroxylation is 1. The average molecular weight is 394 g/mol. The van der Waals surface area contributed by atoms with Gasteiger partial charge >= 0.3 is 5.97 Å². The van der Waals surface area contributed by atoms with Crippen molar-refractivity contribution < 1.29 is 27.9 Å². The number of amides is 2. The van der Waals surface area contributed by atoms with Gasteiger partial charge in [0.2, 0.25) is 5.91 Å². The second kappa shape index (κ2) is 9.58. The van der Waals surface area contributed by atoms with E-state index in [2.05, 4.69) is 10.6 Å². The maximum Gasteiger partial charge on any atom is 0.331 e. The number of esters is 1. The van der Waals surface area contributed by atoms with E-state index in [-0.39, 0.29) is 5.69 Å². The lowest BCUT2D eigenvalue weighted by Gasteiger charge is -2.07. The minimum Gasteiger partial charge on any atom is -0.452 e. The van der Waals surface area contributed by atoms with Crippen molar-refractivity contribution in [3.63, 3.8) is 0 Å². The molecule has 0 radical (unpaired) electrons. The fourth-order valence-electron chi connectivity index (χ4n) is 1.89. The van der Waals surface area contributed by atoms with Gasteiger partial charge in [-0.25, -0.2) is 13.6 Å². The van der Waals surface area contributed by atoms with Crippen molar-refractivity contribution in [1.29, 1.82) is 0 Å². The van der Waals surface area contributed by atoms with Gasteiger partial charge in [-0.3, -0.25) is 9.59 Å². The molecule has 0 atom stereocenters. The van der Waals surface area contributed by atoms with Crippen LogP contribution in [-0.4, -0.2) is 30.9 Å². The van der Waals surface area contributed by atoms with Gasteiger partial charge in [0.25, 0.3) is 5.91 Å². The molecular weight excluding hydrogens is 378 g/mol. The molecule has 1 aromatic heterocycles. The van der Waals surface area contributed by atoms with Crippen molar-refractivity contribution in [2.24, 2.45) is 0 Å². The standard InChI is InChI=1S/C18H16F2N2O4S/c1-11-2-4-13(27-11)5-7-18(25)26-10-17(24)21-9-16(23)22-12-3-6-14(19)15(20)8-12/h2-8H,9-10H2,1H3,(H,21,24)(H,22,23)/b7-5+. The molecule has 2 aromatic rings. The molecule has 2 amide bonds. The average Bonchev–Trinajstić information content (AvgIpc) is 3.05. The van der Waals surface area contributed by atoms with E-state index >= 15 is 0 Å². The van der Waals surface area contributed by atoms with Gasteiger partial charge in [-0.05, 0) is 37.3 Å². The first kappa shape index (κ1) is 20.2. The summed E-state index contributed by atoms with van der Waals surface area (Å²) < 4.78 is 30.6. The smallest absolute Gasteiger partial charge is 0.331 e. The second-order valence-corrected chi connectivity index (χ2v) is 6.66. The number of benzene rings is 1.